The first-order chi connectivity index (χ1) is 6.11. The molecular formula is C8H14N4O. The zero-order valence-corrected chi connectivity index (χ0v) is 8.09. The molecule has 1 amide bonds. The third kappa shape index (κ3) is 1.49. The molecule has 0 aromatic carbocycles. The first kappa shape index (κ1) is 9.57. The van der Waals surface area contributed by atoms with E-state index in [1.165, 1.54) is 4.68 Å². The summed E-state index contributed by atoms with van der Waals surface area (Å²) in [6, 6.07) is 0. The minimum absolute atomic E-state index is 0.202. The topological polar surface area (TPSA) is 72.9 Å². The molecule has 3 N–H and O–H groups in total. The molecule has 0 saturated heterocycles. The summed E-state index contributed by atoms with van der Waals surface area (Å²) in [5, 5.41) is 6.65. The summed E-state index contributed by atoms with van der Waals surface area (Å²) in [4.78, 5) is 11.3. The van der Waals surface area contributed by atoms with Crippen LogP contribution in [0.4, 0.5) is 5.69 Å². The van der Waals surface area contributed by atoms with Crippen LogP contribution in [0.5, 0.6) is 0 Å². The Morgan fingerprint density at radius 3 is 2.69 bits per heavy atom. The zero-order valence-electron chi connectivity index (χ0n) is 8.09. The molecule has 1 heterocycles. The molecule has 0 atom stereocenters. The third-order valence-electron chi connectivity index (χ3n) is 1.94. The van der Waals surface area contributed by atoms with Gasteiger partial charge in [-0.3, -0.25) is 9.48 Å². The normalized spacial score (nSPS) is 10.1. The fourth-order valence-electron chi connectivity index (χ4n) is 1.24. The van der Waals surface area contributed by atoms with Crippen molar-refractivity contribution >= 4 is 11.6 Å². The highest BCUT2D eigenvalue weighted by atomic mass is 16.1. The van der Waals surface area contributed by atoms with Crippen LogP contribution < -0.4 is 11.1 Å². The van der Waals surface area contributed by atoms with Crippen LogP contribution in [0.2, 0.25) is 0 Å². The maximum absolute atomic E-state index is 11.3. The van der Waals surface area contributed by atoms with Gasteiger partial charge in [-0.05, 0) is 6.42 Å². The molecule has 0 aliphatic heterocycles. The molecule has 13 heavy (non-hydrogen) atoms. The summed E-state index contributed by atoms with van der Waals surface area (Å²) in [6.07, 6.45) is 0.733. The van der Waals surface area contributed by atoms with E-state index in [4.69, 9.17) is 5.73 Å². The van der Waals surface area contributed by atoms with Crippen molar-refractivity contribution in [2.75, 3.05) is 12.8 Å². The number of hydrogen-bond donors (Lipinski definition) is 2. The molecule has 0 fully saturated rings. The Morgan fingerprint density at radius 2 is 2.31 bits per heavy atom. The monoisotopic (exact) mass is 182 g/mol. The second-order valence-electron chi connectivity index (χ2n) is 2.77. The highest BCUT2D eigenvalue weighted by Crippen LogP contribution is 2.16. The standard InChI is InChI=1S/C8H14N4O/c1-4-5-6(9)7(8(13)10-2)12(3)11-5/h4,9H2,1-3H3,(H,10,13). The fraction of sp³-hybridized carbons (Fsp3) is 0.500. The molecule has 1 aromatic heterocycles. The Morgan fingerprint density at radius 1 is 1.69 bits per heavy atom. The molecule has 1 aromatic rings. The van der Waals surface area contributed by atoms with E-state index < -0.39 is 0 Å². The van der Waals surface area contributed by atoms with E-state index in [2.05, 4.69) is 10.4 Å². The zero-order chi connectivity index (χ0) is 10.0. The minimum Gasteiger partial charge on any atom is -0.395 e. The maximum atomic E-state index is 11.3. The molecular weight excluding hydrogens is 168 g/mol. The van der Waals surface area contributed by atoms with Crippen LogP contribution in [0.3, 0.4) is 0 Å². The van der Waals surface area contributed by atoms with Gasteiger partial charge in [0.15, 0.2) is 0 Å². The third-order valence-corrected chi connectivity index (χ3v) is 1.94. The van der Waals surface area contributed by atoms with Crippen molar-refractivity contribution in [1.29, 1.82) is 0 Å². The average Bonchev–Trinajstić information content (AvgIpc) is 2.40. The van der Waals surface area contributed by atoms with Gasteiger partial charge in [0.05, 0.1) is 11.4 Å². The van der Waals surface area contributed by atoms with Gasteiger partial charge in [-0.25, -0.2) is 0 Å². The number of anilines is 1. The predicted molar refractivity (Wildman–Crippen MR) is 50.4 cm³/mol. The molecule has 0 bridgehead atoms. The van der Waals surface area contributed by atoms with Crippen molar-refractivity contribution in [2.24, 2.45) is 7.05 Å². The van der Waals surface area contributed by atoms with Crippen LogP contribution >= 0.6 is 0 Å². The Hall–Kier alpha value is -1.52. The van der Waals surface area contributed by atoms with Crippen LogP contribution in [0.1, 0.15) is 23.1 Å². The molecule has 0 radical (unpaired) electrons. The number of carbonyl (C=O) groups is 1. The molecule has 0 saturated carbocycles. The summed E-state index contributed by atoms with van der Waals surface area (Å²) >= 11 is 0. The van der Waals surface area contributed by atoms with Gasteiger partial charge in [0.25, 0.3) is 5.91 Å². The number of hydrogen-bond acceptors (Lipinski definition) is 3. The number of rotatable bonds is 2. The van der Waals surface area contributed by atoms with Gasteiger partial charge in [-0.2, -0.15) is 5.10 Å². The van der Waals surface area contributed by atoms with Crippen LogP contribution in [-0.2, 0) is 13.5 Å². The van der Waals surface area contributed by atoms with E-state index in [1.54, 1.807) is 14.1 Å². The molecule has 1 rings (SSSR count). The number of nitrogen functional groups attached to an aromatic ring is 1. The summed E-state index contributed by atoms with van der Waals surface area (Å²) in [5.74, 6) is -0.202. The number of amides is 1. The molecule has 0 unspecified atom stereocenters. The second-order valence-corrected chi connectivity index (χ2v) is 2.77. The first-order valence-electron chi connectivity index (χ1n) is 4.15. The Kier molecular flexibility index (Phi) is 2.55. The lowest BCUT2D eigenvalue weighted by atomic mass is 10.2. The van der Waals surface area contributed by atoms with Gasteiger partial charge >= 0.3 is 0 Å². The summed E-state index contributed by atoms with van der Waals surface area (Å²) < 4.78 is 1.51. The summed E-state index contributed by atoms with van der Waals surface area (Å²) in [7, 11) is 3.28. The number of aryl methyl sites for hydroxylation is 2. The van der Waals surface area contributed by atoms with Gasteiger partial charge in [0.2, 0.25) is 0 Å². The van der Waals surface area contributed by atoms with E-state index in [-0.39, 0.29) is 5.91 Å². The number of aromatic nitrogens is 2. The Balaban J connectivity index is 3.20. The van der Waals surface area contributed by atoms with Crippen LogP contribution in [0.15, 0.2) is 0 Å². The lowest BCUT2D eigenvalue weighted by Gasteiger charge is -2.00. The number of nitrogens with zero attached hydrogens (tertiary/aromatic N) is 2. The highest BCUT2D eigenvalue weighted by Gasteiger charge is 2.17. The van der Waals surface area contributed by atoms with Gasteiger partial charge in [0.1, 0.15) is 5.69 Å². The smallest absolute Gasteiger partial charge is 0.271 e. The second kappa shape index (κ2) is 3.47. The fourth-order valence-corrected chi connectivity index (χ4v) is 1.24. The van der Waals surface area contributed by atoms with Crippen LogP contribution in [0, 0.1) is 0 Å². The van der Waals surface area contributed by atoms with E-state index in [9.17, 15) is 4.79 Å². The number of carbonyl (C=O) groups excluding carboxylic acids is 1. The molecule has 5 heteroatoms. The molecule has 72 valence electrons. The van der Waals surface area contributed by atoms with E-state index in [0.717, 1.165) is 12.1 Å². The molecule has 5 nitrogen and oxygen atoms in total. The minimum atomic E-state index is -0.202. The largest absolute Gasteiger partial charge is 0.395 e. The maximum Gasteiger partial charge on any atom is 0.271 e. The highest BCUT2D eigenvalue weighted by molar-refractivity contribution is 5.97. The SMILES string of the molecule is CCc1nn(C)c(C(=O)NC)c1N. The van der Waals surface area contributed by atoms with Gasteiger partial charge in [0, 0.05) is 14.1 Å². The lowest BCUT2D eigenvalue weighted by Crippen LogP contribution is -2.22. The van der Waals surface area contributed by atoms with E-state index >= 15 is 0 Å². The van der Waals surface area contributed by atoms with E-state index in [0.29, 0.717) is 11.4 Å². The van der Waals surface area contributed by atoms with Crippen molar-refractivity contribution in [3.8, 4) is 0 Å². The van der Waals surface area contributed by atoms with Gasteiger partial charge < -0.3 is 11.1 Å². The summed E-state index contributed by atoms with van der Waals surface area (Å²) in [6.45, 7) is 1.95. The average molecular weight is 182 g/mol. The Bertz CT molecular complexity index is 329. The number of nitrogens with one attached hydrogen (secondary N) is 1. The quantitative estimate of drug-likeness (QED) is 0.672. The van der Waals surface area contributed by atoms with Crippen molar-refractivity contribution in [3.63, 3.8) is 0 Å². The van der Waals surface area contributed by atoms with Crippen molar-refractivity contribution in [2.45, 2.75) is 13.3 Å². The van der Waals surface area contributed by atoms with Gasteiger partial charge in [-0.15, -0.1) is 0 Å². The van der Waals surface area contributed by atoms with Gasteiger partial charge in [-0.1, -0.05) is 6.92 Å². The van der Waals surface area contributed by atoms with Crippen molar-refractivity contribution in [1.82, 2.24) is 15.1 Å². The first-order valence-corrected chi connectivity index (χ1v) is 4.15. The van der Waals surface area contributed by atoms with Crippen LogP contribution in [0.25, 0.3) is 0 Å². The predicted octanol–water partition coefficient (Wildman–Crippen LogP) is -0.0757. The molecule has 0 aliphatic rings. The molecule has 0 aliphatic carbocycles. The van der Waals surface area contributed by atoms with E-state index in [1.807, 2.05) is 6.92 Å². The van der Waals surface area contributed by atoms with Crippen molar-refractivity contribution < 1.29 is 4.79 Å². The van der Waals surface area contributed by atoms with Crippen LogP contribution in [-0.4, -0.2) is 22.7 Å². The summed E-state index contributed by atoms with van der Waals surface area (Å²) in [5.41, 5.74) is 7.42. The van der Waals surface area contributed by atoms with Crippen molar-refractivity contribution in [3.05, 3.63) is 11.4 Å². The lowest BCUT2D eigenvalue weighted by molar-refractivity contribution is 0.0954. The molecule has 0 spiro atoms. The Labute approximate surface area is 76.9 Å². The number of nitrogens with two attached hydrogens (primary N) is 1.